The molecule has 1 aromatic heterocycles. The lowest BCUT2D eigenvalue weighted by molar-refractivity contribution is -0.119. The van der Waals surface area contributed by atoms with Crippen LogP contribution in [0, 0.1) is 11.8 Å². The van der Waals surface area contributed by atoms with Gasteiger partial charge in [-0.05, 0) is 92.0 Å². The van der Waals surface area contributed by atoms with E-state index in [4.69, 9.17) is 4.74 Å². The third kappa shape index (κ3) is 5.00. The first-order chi connectivity index (χ1) is 14.1. The maximum Gasteiger partial charge on any atom is 0.228 e. The Morgan fingerprint density at radius 3 is 2.62 bits per heavy atom. The number of nitrogens with one attached hydrogen (secondary N) is 1. The summed E-state index contributed by atoms with van der Waals surface area (Å²) >= 11 is 1.78. The second-order valence-corrected chi connectivity index (χ2v) is 9.18. The Labute approximate surface area is 177 Å². The molecular formula is C23H31N3O2S. The summed E-state index contributed by atoms with van der Waals surface area (Å²) < 4.78 is 5.18. The second-order valence-electron chi connectivity index (χ2n) is 8.40. The topological polar surface area (TPSA) is 44.8 Å². The average Bonchev–Trinajstić information content (AvgIpc) is 3.39. The molecule has 0 spiro atoms. The molecule has 2 aliphatic rings. The van der Waals surface area contributed by atoms with Gasteiger partial charge in [0.2, 0.25) is 5.91 Å². The fourth-order valence-corrected chi connectivity index (χ4v) is 5.49. The van der Waals surface area contributed by atoms with Crippen molar-refractivity contribution in [1.29, 1.82) is 0 Å². The largest absolute Gasteiger partial charge is 0.497 e. The van der Waals surface area contributed by atoms with Crippen molar-refractivity contribution in [2.24, 2.45) is 11.8 Å². The van der Waals surface area contributed by atoms with Gasteiger partial charge in [0.05, 0.1) is 13.0 Å². The lowest BCUT2D eigenvalue weighted by Crippen LogP contribution is -2.41. The molecule has 1 aromatic carbocycles. The number of nitrogens with zero attached hydrogens (tertiary/aromatic N) is 2. The Kier molecular flexibility index (Phi) is 6.53. The van der Waals surface area contributed by atoms with Crippen LogP contribution in [0.3, 0.4) is 0 Å². The van der Waals surface area contributed by atoms with Gasteiger partial charge in [0.15, 0.2) is 0 Å². The van der Waals surface area contributed by atoms with Crippen molar-refractivity contribution in [3.8, 4) is 5.75 Å². The zero-order valence-corrected chi connectivity index (χ0v) is 18.2. The molecule has 2 aliphatic heterocycles. The number of hydrogen-bond acceptors (Lipinski definition) is 5. The summed E-state index contributed by atoms with van der Waals surface area (Å²) in [6.45, 7) is 4.24. The molecule has 2 fully saturated rings. The van der Waals surface area contributed by atoms with E-state index in [1.165, 1.54) is 18.4 Å². The number of methoxy groups -OCH3 is 1. The Morgan fingerprint density at radius 1 is 1.21 bits per heavy atom. The van der Waals surface area contributed by atoms with E-state index in [0.29, 0.717) is 12.0 Å². The number of ether oxygens (including phenoxy) is 1. The van der Waals surface area contributed by atoms with Crippen molar-refractivity contribution in [3.05, 3.63) is 46.7 Å². The van der Waals surface area contributed by atoms with E-state index in [-0.39, 0.29) is 11.8 Å². The van der Waals surface area contributed by atoms with Crippen LogP contribution < -0.4 is 10.1 Å². The number of likely N-dealkylation sites (tertiary alicyclic amines) is 2. The molecule has 0 saturated carbocycles. The summed E-state index contributed by atoms with van der Waals surface area (Å²) in [5.74, 6) is 1.70. The maximum absolute atomic E-state index is 12.8. The Morgan fingerprint density at radius 2 is 1.97 bits per heavy atom. The van der Waals surface area contributed by atoms with E-state index in [1.54, 1.807) is 18.4 Å². The van der Waals surface area contributed by atoms with Crippen molar-refractivity contribution in [1.82, 2.24) is 9.80 Å². The van der Waals surface area contributed by atoms with Gasteiger partial charge in [0, 0.05) is 24.8 Å². The molecule has 4 rings (SSSR count). The van der Waals surface area contributed by atoms with Crippen LogP contribution in [0.4, 0.5) is 5.69 Å². The van der Waals surface area contributed by atoms with E-state index in [9.17, 15) is 4.79 Å². The van der Waals surface area contributed by atoms with Crippen LogP contribution in [0.25, 0.3) is 0 Å². The van der Waals surface area contributed by atoms with Crippen molar-refractivity contribution in [2.45, 2.75) is 31.8 Å². The maximum atomic E-state index is 12.8. The molecule has 3 heterocycles. The number of hydrogen-bond donors (Lipinski definition) is 1. The summed E-state index contributed by atoms with van der Waals surface area (Å²) in [6, 6.07) is 10.3. The lowest BCUT2D eigenvalue weighted by Gasteiger charge is -2.37. The van der Waals surface area contributed by atoms with E-state index in [2.05, 4.69) is 39.0 Å². The molecule has 0 aliphatic carbocycles. The molecule has 1 amide bonds. The van der Waals surface area contributed by atoms with E-state index < -0.39 is 0 Å². The highest BCUT2D eigenvalue weighted by molar-refractivity contribution is 7.07. The molecule has 156 valence electrons. The number of thiophene rings is 1. The first kappa shape index (κ1) is 20.4. The fourth-order valence-electron chi connectivity index (χ4n) is 4.83. The molecule has 0 radical (unpaired) electrons. The predicted octanol–water partition coefficient (Wildman–Crippen LogP) is 3.93. The number of amides is 1. The summed E-state index contributed by atoms with van der Waals surface area (Å²) in [6.07, 6.45) is 3.42. The number of piperidine rings is 1. The molecule has 2 saturated heterocycles. The standard InChI is InChI=1S/C23H31N3O2S/c1-25-15-19(23(27)24-20-3-5-21(28-2)6-4-20)13-22(25)18-7-10-26(11-8-18)14-17-9-12-29-16-17/h3-6,9,12,16,18-19,22H,7-8,10-11,13-15H2,1-2H3,(H,24,27). The quantitative estimate of drug-likeness (QED) is 0.779. The molecule has 2 atom stereocenters. The van der Waals surface area contributed by atoms with Crippen LogP contribution in [0.5, 0.6) is 5.75 Å². The minimum absolute atomic E-state index is 0.0657. The number of anilines is 1. The van der Waals surface area contributed by atoms with E-state index in [0.717, 1.165) is 44.0 Å². The van der Waals surface area contributed by atoms with Crippen molar-refractivity contribution in [3.63, 3.8) is 0 Å². The van der Waals surface area contributed by atoms with Gasteiger partial charge in [0.1, 0.15) is 5.75 Å². The minimum atomic E-state index is 0.0657. The van der Waals surface area contributed by atoms with Gasteiger partial charge >= 0.3 is 0 Å². The summed E-state index contributed by atoms with van der Waals surface area (Å²) in [5, 5.41) is 7.49. The van der Waals surface area contributed by atoms with Crippen LogP contribution in [0.15, 0.2) is 41.1 Å². The molecule has 29 heavy (non-hydrogen) atoms. The first-order valence-electron chi connectivity index (χ1n) is 10.5. The zero-order chi connectivity index (χ0) is 20.2. The monoisotopic (exact) mass is 413 g/mol. The van der Waals surface area contributed by atoms with Gasteiger partial charge in [-0.2, -0.15) is 11.3 Å². The molecule has 1 N–H and O–H groups in total. The molecular weight excluding hydrogens is 382 g/mol. The third-order valence-corrected chi connectivity index (χ3v) is 7.22. The van der Waals surface area contributed by atoms with Crippen molar-refractivity contribution in [2.75, 3.05) is 39.1 Å². The summed E-state index contributed by atoms with van der Waals surface area (Å²) in [4.78, 5) is 17.8. The van der Waals surface area contributed by atoms with Gasteiger partial charge in [-0.25, -0.2) is 0 Å². The molecule has 5 nitrogen and oxygen atoms in total. The Hall–Kier alpha value is -1.89. The van der Waals surface area contributed by atoms with Gasteiger partial charge in [0.25, 0.3) is 0 Å². The number of carbonyl (C=O) groups excluding carboxylic acids is 1. The zero-order valence-electron chi connectivity index (χ0n) is 17.3. The van der Waals surface area contributed by atoms with E-state index in [1.807, 2.05) is 24.3 Å². The molecule has 0 bridgehead atoms. The van der Waals surface area contributed by atoms with Gasteiger partial charge in [-0.15, -0.1) is 0 Å². The van der Waals surface area contributed by atoms with Crippen molar-refractivity contribution >= 4 is 22.9 Å². The van der Waals surface area contributed by atoms with Gasteiger partial charge < -0.3 is 15.0 Å². The number of rotatable bonds is 6. The Bertz CT molecular complexity index is 785. The first-order valence-corrected chi connectivity index (χ1v) is 11.4. The highest BCUT2D eigenvalue weighted by Crippen LogP contribution is 2.34. The normalized spacial score (nSPS) is 23.9. The highest BCUT2D eigenvalue weighted by atomic mass is 32.1. The highest BCUT2D eigenvalue weighted by Gasteiger charge is 2.39. The van der Waals surface area contributed by atoms with Crippen LogP contribution in [0.1, 0.15) is 24.8 Å². The summed E-state index contributed by atoms with van der Waals surface area (Å²) in [5.41, 5.74) is 2.27. The van der Waals surface area contributed by atoms with Gasteiger partial charge in [-0.1, -0.05) is 0 Å². The fraction of sp³-hybridized carbons (Fsp3) is 0.522. The third-order valence-electron chi connectivity index (χ3n) is 6.49. The van der Waals surface area contributed by atoms with Crippen LogP contribution in [0.2, 0.25) is 0 Å². The van der Waals surface area contributed by atoms with Crippen LogP contribution in [-0.4, -0.2) is 55.5 Å². The number of carbonyl (C=O) groups is 1. The minimum Gasteiger partial charge on any atom is -0.497 e. The number of benzene rings is 1. The molecule has 2 aromatic rings. The van der Waals surface area contributed by atoms with Crippen molar-refractivity contribution < 1.29 is 9.53 Å². The van der Waals surface area contributed by atoms with Gasteiger partial charge in [-0.3, -0.25) is 9.69 Å². The van der Waals surface area contributed by atoms with E-state index >= 15 is 0 Å². The lowest BCUT2D eigenvalue weighted by atomic mass is 9.86. The van der Waals surface area contributed by atoms with Crippen LogP contribution in [-0.2, 0) is 11.3 Å². The van der Waals surface area contributed by atoms with Crippen LogP contribution >= 0.6 is 11.3 Å². The average molecular weight is 414 g/mol. The second kappa shape index (κ2) is 9.28. The smallest absolute Gasteiger partial charge is 0.228 e. The Balaban J connectivity index is 1.27. The SMILES string of the molecule is COc1ccc(NC(=O)C2CC(C3CCN(Cc4ccsc4)CC3)N(C)C2)cc1. The predicted molar refractivity (Wildman–Crippen MR) is 118 cm³/mol. The summed E-state index contributed by atoms with van der Waals surface area (Å²) in [7, 11) is 3.83. The molecule has 2 unspecified atom stereocenters. The molecule has 6 heteroatoms.